The molecule has 6 heteroatoms. The van der Waals surface area contributed by atoms with Crippen molar-refractivity contribution in [2.75, 3.05) is 5.32 Å². The first-order valence-corrected chi connectivity index (χ1v) is 5.29. The van der Waals surface area contributed by atoms with Crippen LogP contribution in [-0.2, 0) is 4.79 Å². The Morgan fingerprint density at radius 2 is 2.67 bits per heavy atom. The summed E-state index contributed by atoms with van der Waals surface area (Å²) in [6.45, 7) is 1.44. The van der Waals surface area contributed by atoms with Crippen LogP contribution in [0.2, 0.25) is 0 Å². The van der Waals surface area contributed by atoms with Gasteiger partial charge in [-0.1, -0.05) is 0 Å². The summed E-state index contributed by atoms with van der Waals surface area (Å²) in [5.74, 6) is 0.422. The van der Waals surface area contributed by atoms with Crippen LogP contribution in [0.15, 0.2) is 9.93 Å². The van der Waals surface area contributed by atoms with Gasteiger partial charge in [0.25, 0.3) is 0 Å². The van der Waals surface area contributed by atoms with Crippen molar-refractivity contribution < 1.29 is 4.79 Å². The van der Waals surface area contributed by atoms with Crippen LogP contribution in [-0.4, -0.2) is 30.6 Å². The topological polar surface area (TPSA) is 54.4 Å². The van der Waals surface area contributed by atoms with Gasteiger partial charge in [-0.2, -0.15) is 0 Å². The molecule has 0 spiro atoms. The van der Waals surface area contributed by atoms with Gasteiger partial charge >= 0.3 is 80.3 Å². The predicted octanol–water partition coefficient (Wildman–Crippen LogP) is 0.831. The van der Waals surface area contributed by atoms with Crippen LogP contribution in [0.1, 0.15) is 6.92 Å². The molecule has 0 bridgehead atoms. The minimum atomic E-state index is -0.114. The van der Waals surface area contributed by atoms with Gasteiger partial charge in [0.1, 0.15) is 0 Å². The van der Waals surface area contributed by atoms with E-state index in [2.05, 4.69) is 32.7 Å². The van der Waals surface area contributed by atoms with E-state index in [4.69, 9.17) is 0 Å². The fourth-order valence-electron chi connectivity index (χ4n) is 0.571. The van der Waals surface area contributed by atoms with Crippen LogP contribution >= 0.6 is 12.2 Å². The number of nitrogens with one attached hydrogen (secondary N) is 1. The molecule has 62 valence electrons. The molecule has 0 fully saturated rings. The van der Waals surface area contributed by atoms with Crippen molar-refractivity contribution in [2.24, 2.45) is 4.99 Å². The first-order valence-electron chi connectivity index (χ1n) is 3.03. The van der Waals surface area contributed by atoms with Crippen LogP contribution in [0.3, 0.4) is 0 Å². The van der Waals surface area contributed by atoms with E-state index >= 15 is 0 Å². The number of aliphatic imine (C=N–C) groups is 1. The average molecular weight is 246 g/mol. The number of thiocarbonyl (C=S) groups is 1. The van der Waals surface area contributed by atoms with E-state index in [9.17, 15) is 4.79 Å². The van der Waals surface area contributed by atoms with Crippen LogP contribution in [0.4, 0.5) is 10.5 Å². The third-order valence-corrected chi connectivity index (χ3v) is 2.59. The summed E-state index contributed by atoms with van der Waals surface area (Å²) in [7, 11) is 0. The normalized spacial score (nSPS) is 8.75. The van der Waals surface area contributed by atoms with Crippen LogP contribution < -0.4 is 5.32 Å². The Hall–Kier alpha value is -0.801. The third kappa shape index (κ3) is 2.68. The van der Waals surface area contributed by atoms with Crippen LogP contribution in [0.5, 0.6) is 0 Å². The molecule has 1 aromatic heterocycles. The Kier molecular flexibility index (Phi) is 3.31. The Labute approximate surface area is 80.5 Å². The number of aromatic nitrogens is 1. The van der Waals surface area contributed by atoms with E-state index in [1.165, 1.54) is 6.92 Å². The van der Waals surface area contributed by atoms with E-state index in [1.807, 2.05) is 4.94 Å². The first kappa shape index (κ1) is 9.29. The minimum absolute atomic E-state index is 0.0662. The number of amides is 1. The molecule has 0 unspecified atom stereocenters. The second-order valence-electron chi connectivity index (χ2n) is 1.90. The zero-order chi connectivity index (χ0) is 8.97. The zero-order valence-corrected chi connectivity index (χ0v) is 8.73. The van der Waals surface area contributed by atoms with Gasteiger partial charge in [-0.25, -0.2) is 0 Å². The SMILES string of the molecule is CC(=O)Nc1nc(N=C=S)c[se]1. The number of anilines is 1. The maximum absolute atomic E-state index is 10.6. The molecule has 0 aliphatic rings. The van der Waals surface area contributed by atoms with Gasteiger partial charge in [0.2, 0.25) is 0 Å². The van der Waals surface area contributed by atoms with E-state index < -0.39 is 0 Å². The molecule has 0 atom stereocenters. The van der Waals surface area contributed by atoms with E-state index in [0.717, 1.165) is 0 Å². The molecule has 0 aliphatic heterocycles. The summed E-state index contributed by atoms with van der Waals surface area (Å²) >= 11 is 4.47. The average Bonchev–Trinajstić information content (AvgIpc) is 2.36. The van der Waals surface area contributed by atoms with Crippen molar-refractivity contribution in [3.63, 3.8) is 0 Å². The van der Waals surface area contributed by atoms with E-state index in [0.29, 0.717) is 10.5 Å². The number of rotatable bonds is 2. The van der Waals surface area contributed by atoms with Gasteiger partial charge in [-0.3, -0.25) is 0 Å². The molecule has 0 radical (unpaired) electrons. The Morgan fingerprint density at radius 1 is 1.92 bits per heavy atom. The standard InChI is InChI=1S/C6H5N3OSSe/c1-4(10)8-6-9-5(2-12-6)7-3-11/h2H,1H3,(H,8,9,10). The van der Waals surface area contributed by atoms with Crippen molar-refractivity contribution in [2.45, 2.75) is 6.92 Å². The van der Waals surface area contributed by atoms with E-state index in [-0.39, 0.29) is 20.4 Å². The molecular weight excluding hydrogens is 241 g/mol. The van der Waals surface area contributed by atoms with Crippen LogP contribution in [0.25, 0.3) is 0 Å². The number of hydrogen-bond acceptors (Lipinski definition) is 4. The number of nitrogens with zero attached hydrogens (tertiary/aromatic N) is 2. The molecule has 0 saturated carbocycles. The number of isothiocyanates is 1. The van der Waals surface area contributed by atoms with Gasteiger partial charge in [-0.05, 0) is 0 Å². The molecule has 0 aliphatic carbocycles. The summed E-state index contributed by atoms with van der Waals surface area (Å²) < 4.78 is 0.666. The quantitative estimate of drug-likeness (QED) is 0.477. The van der Waals surface area contributed by atoms with Gasteiger partial charge in [0, 0.05) is 0 Å². The number of hydrogen-bond donors (Lipinski definition) is 1. The Bertz CT molecular complexity index is 342. The molecule has 4 nitrogen and oxygen atoms in total. The monoisotopic (exact) mass is 247 g/mol. The van der Waals surface area contributed by atoms with Crippen molar-refractivity contribution in [3.05, 3.63) is 4.94 Å². The summed E-state index contributed by atoms with van der Waals surface area (Å²) in [4.78, 5) is 20.1. The fourth-order valence-corrected chi connectivity index (χ4v) is 2.07. The number of carbonyl (C=O) groups is 1. The summed E-state index contributed by atoms with van der Waals surface area (Å²) in [6.07, 6.45) is 0. The fraction of sp³-hybridized carbons (Fsp3) is 0.167. The van der Waals surface area contributed by atoms with Crippen LogP contribution in [0, 0.1) is 0 Å². The van der Waals surface area contributed by atoms with Gasteiger partial charge < -0.3 is 0 Å². The summed E-state index contributed by atoms with van der Waals surface area (Å²) in [6, 6.07) is 0. The number of carbonyl (C=O) groups excluding carboxylic acids is 1. The van der Waals surface area contributed by atoms with Gasteiger partial charge in [0.15, 0.2) is 0 Å². The van der Waals surface area contributed by atoms with Crippen molar-refractivity contribution >= 4 is 48.3 Å². The zero-order valence-electron chi connectivity index (χ0n) is 6.20. The molecule has 1 aromatic rings. The van der Waals surface area contributed by atoms with Crippen molar-refractivity contribution in [1.29, 1.82) is 0 Å². The Morgan fingerprint density at radius 3 is 3.25 bits per heavy atom. The molecule has 12 heavy (non-hydrogen) atoms. The van der Waals surface area contributed by atoms with Gasteiger partial charge in [0.05, 0.1) is 0 Å². The molecule has 1 amide bonds. The molecule has 1 N–H and O–H groups in total. The molecular formula is C6H5N3OSSe. The molecule has 0 saturated heterocycles. The van der Waals surface area contributed by atoms with Gasteiger partial charge in [-0.15, -0.1) is 0 Å². The molecule has 1 heterocycles. The second-order valence-corrected chi connectivity index (χ2v) is 3.88. The van der Waals surface area contributed by atoms with E-state index in [1.54, 1.807) is 0 Å². The second kappa shape index (κ2) is 4.28. The molecule has 1 rings (SSSR count). The summed E-state index contributed by atoms with van der Waals surface area (Å²) in [5.41, 5.74) is 0. The summed E-state index contributed by atoms with van der Waals surface area (Å²) in [5, 5.41) is 4.81. The third-order valence-electron chi connectivity index (χ3n) is 0.935. The first-order chi connectivity index (χ1) is 5.72. The maximum atomic E-state index is 10.6. The molecule has 0 aromatic carbocycles. The Balaban J connectivity index is 2.77. The van der Waals surface area contributed by atoms with Crippen molar-refractivity contribution in [1.82, 2.24) is 4.98 Å². The predicted molar refractivity (Wildman–Crippen MR) is 50.2 cm³/mol. The van der Waals surface area contributed by atoms with Crippen molar-refractivity contribution in [3.8, 4) is 0 Å².